The Labute approximate surface area is 123 Å². The van der Waals surface area contributed by atoms with E-state index in [1.165, 1.54) is 12.1 Å². The van der Waals surface area contributed by atoms with Gasteiger partial charge in [0, 0.05) is 13.5 Å². The number of rotatable bonds is 4. The first-order chi connectivity index (χ1) is 9.10. The normalized spacial score (nSPS) is 10.7. The zero-order valence-corrected chi connectivity index (χ0v) is 12.4. The van der Waals surface area contributed by atoms with Crippen LogP contribution in [-0.4, -0.2) is 17.1 Å². The number of methoxy groups -OCH3 is 1. The van der Waals surface area contributed by atoms with Gasteiger partial charge in [0.15, 0.2) is 0 Å². The lowest BCUT2D eigenvalue weighted by Crippen LogP contribution is -2.18. The first-order valence-corrected chi connectivity index (χ1v) is 6.69. The van der Waals surface area contributed by atoms with Gasteiger partial charge in [-0.2, -0.15) is 0 Å². The number of ether oxygens (including phenoxy) is 1. The molecule has 0 radical (unpaired) electrons. The Hall–Kier alpha value is -1.28. The van der Waals surface area contributed by atoms with E-state index < -0.39 is 0 Å². The molecule has 1 heterocycles. The monoisotopic (exact) mass is 374 g/mol. The summed E-state index contributed by atoms with van der Waals surface area (Å²) in [6.45, 7) is 0.290. The van der Waals surface area contributed by atoms with E-state index in [1.54, 1.807) is 19.2 Å². The largest absolute Gasteiger partial charge is 0.378 e. The van der Waals surface area contributed by atoms with Crippen LogP contribution in [0.5, 0.6) is 0 Å². The maximum absolute atomic E-state index is 12.8. The van der Waals surface area contributed by atoms with Crippen LogP contribution >= 0.6 is 22.6 Å². The summed E-state index contributed by atoms with van der Waals surface area (Å²) in [5.74, 6) is 0.261. The Morgan fingerprint density at radius 2 is 2.05 bits per heavy atom. The minimum absolute atomic E-state index is 0.181. The van der Waals surface area contributed by atoms with Crippen molar-refractivity contribution in [1.29, 1.82) is 0 Å². The van der Waals surface area contributed by atoms with E-state index in [9.17, 15) is 9.18 Å². The summed E-state index contributed by atoms with van der Waals surface area (Å²) in [6.07, 6.45) is 0.448. The van der Waals surface area contributed by atoms with E-state index >= 15 is 0 Å². The molecule has 0 bridgehead atoms. The number of nitrogens with one attached hydrogen (secondary N) is 1. The molecule has 4 nitrogen and oxygen atoms in total. The number of aromatic amines is 1. The second-order valence-electron chi connectivity index (χ2n) is 4.01. The van der Waals surface area contributed by atoms with Gasteiger partial charge in [-0.05, 0) is 40.3 Å². The van der Waals surface area contributed by atoms with Crippen LogP contribution in [0.4, 0.5) is 4.39 Å². The summed E-state index contributed by atoms with van der Waals surface area (Å²) >= 11 is 1.94. The molecule has 19 heavy (non-hydrogen) atoms. The lowest BCUT2D eigenvalue weighted by Gasteiger charge is -2.06. The highest BCUT2D eigenvalue weighted by molar-refractivity contribution is 14.1. The SMILES string of the molecule is COCc1nc(Cc2ccc(F)cc2)[nH]c(=O)c1I. The van der Waals surface area contributed by atoms with Crippen LogP contribution in [0.1, 0.15) is 17.1 Å². The lowest BCUT2D eigenvalue weighted by molar-refractivity contribution is 0.180. The molecule has 100 valence electrons. The fourth-order valence-electron chi connectivity index (χ4n) is 1.67. The summed E-state index contributed by atoms with van der Waals surface area (Å²) in [7, 11) is 1.55. The molecule has 0 atom stereocenters. The zero-order valence-electron chi connectivity index (χ0n) is 10.2. The molecule has 0 aliphatic carbocycles. The number of hydrogen-bond acceptors (Lipinski definition) is 3. The van der Waals surface area contributed by atoms with Crippen molar-refractivity contribution in [3.8, 4) is 0 Å². The quantitative estimate of drug-likeness (QED) is 0.836. The topological polar surface area (TPSA) is 55.0 Å². The predicted molar refractivity (Wildman–Crippen MR) is 77.5 cm³/mol. The van der Waals surface area contributed by atoms with Gasteiger partial charge in [-0.25, -0.2) is 9.37 Å². The Bertz CT molecular complexity index is 626. The van der Waals surface area contributed by atoms with Crippen molar-refractivity contribution in [3.63, 3.8) is 0 Å². The van der Waals surface area contributed by atoms with E-state index in [-0.39, 0.29) is 11.4 Å². The molecule has 0 saturated heterocycles. The fourth-order valence-corrected chi connectivity index (χ4v) is 2.08. The highest BCUT2D eigenvalue weighted by atomic mass is 127. The van der Waals surface area contributed by atoms with Gasteiger partial charge in [-0.1, -0.05) is 12.1 Å². The van der Waals surface area contributed by atoms with Gasteiger partial charge in [0.25, 0.3) is 5.56 Å². The maximum Gasteiger partial charge on any atom is 0.264 e. The van der Waals surface area contributed by atoms with Crippen molar-refractivity contribution in [2.45, 2.75) is 13.0 Å². The summed E-state index contributed by atoms with van der Waals surface area (Å²) in [5, 5.41) is 0. The van der Waals surface area contributed by atoms with Gasteiger partial charge in [0.05, 0.1) is 12.3 Å². The van der Waals surface area contributed by atoms with Crippen LogP contribution in [0.15, 0.2) is 29.1 Å². The number of H-pyrrole nitrogens is 1. The number of halogens is 2. The predicted octanol–water partition coefficient (Wildman–Crippen LogP) is 2.25. The van der Waals surface area contributed by atoms with Crippen molar-refractivity contribution < 1.29 is 9.13 Å². The molecule has 0 saturated carbocycles. The molecule has 2 rings (SSSR count). The second kappa shape index (κ2) is 6.25. The average molecular weight is 374 g/mol. The molecule has 0 amide bonds. The molecular formula is C13H12FIN2O2. The minimum Gasteiger partial charge on any atom is -0.378 e. The molecule has 0 unspecified atom stereocenters. The molecule has 1 aromatic heterocycles. The average Bonchev–Trinajstić information content (AvgIpc) is 2.38. The van der Waals surface area contributed by atoms with Crippen molar-refractivity contribution in [1.82, 2.24) is 9.97 Å². The van der Waals surface area contributed by atoms with Crippen molar-refractivity contribution in [2.24, 2.45) is 0 Å². The third-order valence-electron chi connectivity index (χ3n) is 2.55. The molecule has 6 heteroatoms. The number of aromatic nitrogens is 2. The van der Waals surface area contributed by atoms with Gasteiger partial charge in [0.1, 0.15) is 15.2 Å². The number of nitrogens with zero attached hydrogens (tertiary/aromatic N) is 1. The highest BCUT2D eigenvalue weighted by Gasteiger charge is 2.09. The fraction of sp³-hybridized carbons (Fsp3) is 0.231. The summed E-state index contributed by atoms with van der Waals surface area (Å²) in [5.41, 5.74) is 1.32. The molecule has 1 N–H and O–H groups in total. The van der Waals surface area contributed by atoms with Crippen LogP contribution in [0.3, 0.4) is 0 Å². The van der Waals surface area contributed by atoms with Gasteiger partial charge < -0.3 is 9.72 Å². The minimum atomic E-state index is -0.284. The van der Waals surface area contributed by atoms with Crippen molar-refractivity contribution in [3.05, 3.63) is 61.1 Å². The van der Waals surface area contributed by atoms with E-state index in [2.05, 4.69) is 9.97 Å². The number of benzene rings is 1. The van der Waals surface area contributed by atoms with Crippen LogP contribution in [-0.2, 0) is 17.8 Å². The van der Waals surface area contributed by atoms with Crippen LogP contribution < -0.4 is 5.56 Å². The third kappa shape index (κ3) is 3.60. The van der Waals surface area contributed by atoms with Gasteiger partial charge in [-0.15, -0.1) is 0 Å². The van der Waals surface area contributed by atoms with Gasteiger partial charge >= 0.3 is 0 Å². The van der Waals surface area contributed by atoms with E-state index in [0.717, 1.165) is 5.56 Å². The first-order valence-electron chi connectivity index (χ1n) is 5.61. The molecule has 2 aromatic rings. The van der Waals surface area contributed by atoms with Crippen LogP contribution in [0.25, 0.3) is 0 Å². The van der Waals surface area contributed by atoms with Crippen LogP contribution in [0, 0.1) is 9.39 Å². The number of hydrogen-bond donors (Lipinski definition) is 1. The zero-order chi connectivity index (χ0) is 13.8. The van der Waals surface area contributed by atoms with E-state index in [4.69, 9.17) is 4.74 Å². The second-order valence-corrected chi connectivity index (χ2v) is 5.09. The molecule has 1 aromatic carbocycles. The molecule has 0 aliphatic heterocycles. The van der Waals surface area contributed by atoms with Gasteiger partial charge in [-0.3, -0.25) is 4.79 Å². The van der Waals surface area contributed by atoms with Crippen LogP contribution in [0.2, 0.25) is 0 Å². The van der Waals surface area contributed by atoms with Crippen molar-refractivity contribution >= 4 is 22.6 Å². The first kappa shape index (κ1) is 14.1. The molecular weight excluding hydrogens is 362 g/mol. The molecule has 0 aliphatic rings. The standard InChI is InChI=1S/C13H12FIN2O2/c1-19-7-10-12(15)13(18)17-11(16-10)6-8-2-4-9(14)5-3-8/h2-5H,6-7H2,1H3,(H,16,17,18). The Kier molecular flexibility index (Phi) is 4.65. The smallest absolute Gasteiger partial charge is 0.264 e. The van der Waals surface area contributed by atoms with E-state index in [1.807, 2.05) is 22.6 Å². The Morgan fingerprint density at radius 3 is 2.68 bits per heavy atom. The van der Waals surface area contributed by atoms with Gasteiger partial charge in [0.2, 0.25) is 0 Å². The molecule has 0 fully saturated rings. The maximum atomic E-state index is 12.8. The molecule has 0 spiro atoms. The summed E-state index contributed by atoms with van der Waals surface area (Å²) in [6, 6.07) is 6.11. The Balaban J connectivity index is 2.30. The Morgan fingerprint density at radius 1 is 1.37 bits per heavy atom. The summed E-state index contributed by atoms with van der Waals surface area (Å²) in [4.78, 5) is 18.8. The van der Waals surface area contributed by atoms with E-state index in [0.29, 0.717) is 28.1 Å². The highest BCUT2D eigenvalue weighted by Crippen LogP contribution is 2.10. The summed E-state index contributed by atoms with van der Waals surface area (Å²) < 4.78 is 18.4. The third-order valence-corrected chi connectivity index (χ3v) is 3.66. The lowest BCUT2D eigenvalue weighted by atomic mass is 10.1. The van der Waals surface area contributed by atoms with Crippen molar-refractivity contribution in [2.75, 3.05) is 7.11 Å².